The first-order valence-corrected chi connectivity index (χ1v) is 6.90. The Morgan fingerprint density at radius 2 is 1.52 bits per heavy atom. The first-order valence-electron chi connectivity index (χ1n) is 6.90. The lowest BCUT2D eigenvalue weighted by Crippen LogP contribution is -2.14. The standard InChI is InChI=1S/C19H16O2/c1-21-19(15-8-3-2-4-9-15)18(20)17-12-11-14-7-5-6-10-16(14)13-17/h2-13,19H,1H3. The van der Waals surface area contributed by atoms with E-state index >= 15 is 0 Å². The molecule has 0 aliphatic rings. The lowest BCUT2D eigenvalue weighted by Gasteiger charge is -2.15. The van der Waals surface area contributed by atoms with Gasteiger partial charge in [-0.25, -0.2) is 0 Å². The molecule has 21 heavy (non-hydrogen) atoms. The van der Waals surface area contributed by atoms with Crippen molar-refractivity contribution in [1.29, 1.82) is 0 Å². The maximum absolute atomic E-state index is 12.7. The molecule has 3 aromatic carbocycles. The molecule has 0 aliphatic heterocycles. The zero-order valence-corrected chi connectivity index (χ0v) is 11.8. The van der Waals surface area contributed by atoms with Crippen LogP contribution in [0.2, 0.25) is 0 Å². The van der Waals surface area contributed by atoms with Crippen molar-refractivity contribution in [2.75, 3.05) is 7.11 Å². The SMILES string of the molecule is COC(C(=O)c1ccc2ccccc2c1)c1ccccc1. The van der Waals surface area contributed by atoms with Crippen molar-refractivity contribution < 1.29 is 9.53 Å². The van der Waals surface area contributed by atoms with Crippen molar-refractivity contribution >= 4 is 16.6 Å². The number of Topliss-reactive ketones (excluding diaryl/α,β-unsaturated/α-hetero) is 1. The van der Waals surface area contributed by atoms with Gasteiger partial charge in [-0.05, 0) is 22.4 Å². The number of carbonyl (C=O) groups excluding carboxylic acids is 1. The van der Waals surface area contributed by atoms with Gasteiger partial charge in [-0.2, -0.15) is 0 Å². The van der Waals surface area contributed by atoms with Crippen LogP contribution in [-0.2, 0) is 4.74 Å². The largest absolute Gasteiger partial charge is 0.369 e. The second kappa shape index (κ2) is 5.90. The first-order chi connectivity index (χ1) is 10.3. The Kier molecular flexibility index (Phi) is 3.80. The zero-order chi connectivity index (χ0) is 14.7. The Morgan fingerprint density at radius 1 is 0.857 bits per heavy atom. The molecule has 104 valence electrons. The highest BCUT2D eigenvalue weighted by atomic mass is 16.5. The van der Waals surface area contributed by atoms with E-state index in [0.29, 0.717) is 5.56 Å². The third kappa shape index (κ3) is 2.71. The molecule has 0 saturated heterocycles. The Labute approximate surface area is 124 Å². The minimum absolute atomic E-state index is 0.0190. The van der Waals surface area contributed by atoms with Crippen LogP contribution < -0.4 is 0 Å². The van der Waals surface area contributed by atoms with Crippen LogP contribution in [0.1, 0.15) is 22.0 Å². The molecule has 0 N–H and O–H groups in total. The predicted octanol–water partition coefficient (Wildman–Crippen LogP) is 4.41. The predicted molar refractivity (Wildman–Crippen MR) is 84.5 cm³/mol. The van der Waals surface area contributed by atoms with Crippen molar-refractivity contribution in [2.45, 2.75) is 6.10 Å². The lowest BCUT2D eigenvalue weighted by molar-refractivity contribution is 0.0604. The van der Waals surface area contributed by atoms with Crippen LogP contribution in [0, 0.1) is 0 Å². The summed E-state index contributed by atoms with van der Waals surface area (Å²) in [6.07, 6.45) is -0.563. The molecule has 3 aromatic rings. The van der Waals surface area contributed by atoms with E-state index in [1.165, 1.54) is 0 Å². The van der Waals surface area contributed by atoms with E-state index in [1.807, 2.05) is 72.8 Å². The fraction of sp³-hybridized carbons (Fsp3) is 0.105. The van der Waals surface area contributed by atoms with E-state index in [1.54, 1.807) is 7.11 Å². The van der Waals surface area contributed by atoms with Crippen molar-refractivity contribution in [2.24, 2.45) is 0 Å². The summed E-state index contributed by atoms with van der Waals surface area (Å²) < 4.78 is 5.42. The quantitative estimate of drug-likeness (QED) is 0.660. The maximum Gasteiger partial charge on any atom is 0.196 e. The number of ether oxygens (including phenoxy) is 1. The van der Waals surface area contributed by atoms with Crippen LogP contribution in [-0.4, -0.2) is 12.9 Å². The summed E-state index contributed by atoms with van der Waals surface area (Å²) in [5.74, 6) is -0.0190. The van der Waals surface area contributed by atoms with Crippen molar-refractivity contribution in [1.82, 2.24) is 0 Å². The summed E-state index contributed by atoms with van der Waals surface area (Å²) in [7, 11) is 1.57. The Hall–Kier alpha value is -2.45. The molecular weight excluding hydrogens is 260 g/mol. The Balaban J connectivity index is 1.98. The van der Waals surface area contributed by atoms with Crippen molar-refractivity contribution in [3.63, 3.8) is 0 Å². The molecule has 0 heterocycles. The number of hydrogen-bond acceptors (Lipinski definition) is 2. The third-order valence-electron chi connectivity index (χ3n) is 3.61. The molecule has 1 atom stereocenters. The molecule has 0 amide bonds. The van der Waals surface area contributed by atoms with E-state index in [-0.39, 0.29) is 5.78 Å². The van der Waals surface area contributed by atoms with Gasteiger partial charge in [-0.15, -0.1) is 0 Å². The van der Waals surface area contributed by atoms with Crippen molar-refractivity contribution in [3.8, 4) is 0 Å². The Bertz CT molecular complexity index is 763. The molecule has 0 spiro atoms. The van der Waals surface area contributed by atoms with Gasteiger partial charge in [0.1, 0.15) is 6.10 Å². The number of benzene rings is 3. The molecule has 0 bridgehead atoms. The number of methoxy groups -OCH3 is 1. The molecule has 0 fully saturated rings. The van der Waals surface area contributed by atoms with Gasteiger partial charge in [-0.3, -0.25) is 4.79 Å². The summed E-state index contributed by atoms with van der Waals surface area (Å²) >= 11 is 0. The highest BCUT2D eigenvalue weighted by Gasteiger charge is 2.21. The number of ketones is 1. The van der Waals surface area contributed by atoms with Crippen LogP contribution in [0.3, 0.4) is 0 Å². The molecule has 0 radical (unpaired) electrons. The van der Waals surface area contributed by atoms with E-state index < -0.39 is 6.10 Å². The van der Waals surface area contributed by atoms with E-state index in [0.717, 1.165) is 16.3 Å². The van der Waals surface area contributed by atoms with Gasteiger partial charge in [0.2, 0.25) is 0 Å². The molecule has 2 nitrogen and oxygen atoms in total. The average Bonchev–Trinajstić information content (AvgIpc) is 2.56. The Morgan fingerprint density at radius 3 is 2.24 bits per heavy atom. The second-order valence-electron chi connectivity index (χ2n) is 4.95. The summed E-state index contributed by atoms with van der Waals surface area (Å²) in [5.41, 5.74) is 1.54. The number of rotatable bonds is 4. The van der Waals surface area contributed by atoms with Gasteiger partial charge in [-0.1, -0.05) is 66.7 Å². The van der Waals surface area contributed by atoms with E-state index in [9.17, 15) is 4.79 Å². The third-order valence-corrected chi connectivity index (χ3v) is 3.61. The maximum atomic E-state index is 12.7. The van der Waals surface area contributed by atoms with Crippen LogP contribution in [0.5, 0.6) is 0 Å². The van der Waals surface area contributed by atoms with Gasteiger partial charge in [0.25, 0.3) is 0 Å². The van der Waals surface area contributed by atoms with Gasteiger partial charge in [0.05, 0.1) is 0 Å². The number of hydrogen-bond donors (Lipinski definition) is 0. The summed E-state index contributed by atoms with van der Waals surface area (Å²) in [4.78, 5) is 12.7. The summed E-state index contributed by atoms with van der Waals surface area (Å²) in [5, 5.41) is 2.19. The average molecular weight is 276 g/mol. The van der Waals surface area contributed by atoms with Crippen LogP contribution in [0.25, 0.3) is 10.8 Å². The lowest BCUT2D eigenvalue weighted by atomic mass is 9.97. The molecule has 3 rings (SSSR count). The van der Waals surface area contributed by atoms with Crippen LogP contribution in [0.15, 0.2) is 72.8 Å². The summed E-state index contributed by atoms with van der Waals surface area (Å²) in [6.45, 7) is 0. The van der Waals surface area contributed by atoms with E-state index in [4.69, 9.17) is 4.74 Å². The fourth-order valence-electron chi connectivity index (χ4n) is 2.52. The minimum atomic E-state index is -0.563. The number of carbonyl (C=O) groups is 1. The molecule has 0 aromatic heterocycles. The highest BCUT2D eigenvalue weighted by molar-refractivity contribution is 6.03. The molecular formula is C19H16O2. The summed E-state index contributed by atoms with van der Waals surface area (Å²) in [6, 6.07) is 23.3. The number of fused-ring (bicyclic) bond motifs is 1. The normalized spacial score (nSPS) is 12.2. The highest BCUT2D eigenvalue weighted by Crippen LogP contribution is 2.24. The second-order valence-corrected chi connectivity index (χ2v) is 4.95. The zero-order valence-electron chi connectivity index (χ0n) is 11.8. The minimum Gasteiger partial charge on any atom is -0.369 e. The molecule has 0 saturated carbocycles. The smallest absolute Gasteiger partial charge is 0.196 e. The molecule has 0 aliphatic carbocycles. The van der Waals surface area contributed by atoms with Gasteiger partial charge in [0.15, 0.2) is 5.78 Å². The topological polar surface area (TPSA) is 26.3 Å². The first kappa shape index (κ1) is 13.5. The van der Waals surface area contributed by atoms with Gasteiger partial charge in [0, 0.05) is 12.7 Å². The van der Waals surface area contributed by atoms with Crippen LogP contribution in [0.4, 0.5) is 0 Å². The van der Waals surface area contributed by atoms with E-state index in [2.05, 4.69) is 0 Å². The van der Waals surface area contributed by atoms with Gasteiger partial charge < -0.3 is 4.74 Å². The molecule has 1 unspecified atom stereocenters. The fourth-order valence-corrected chi connectivity index (χ4v) is 2.52. The van der Waals surface area contributed by atoms with Crippen molar-refractivity contribution in [3.05, 3.63) is 83.9 Å². The molecule has 2 heteroatoms. The van der Waals surface area contributed by atoms with Gasteiger partial charge >= 0.3 is 0 Å². The van der Waals surface area contributed by atoms with Crippen LogP contribution >= 0.6 is 0 Å². The monoisotopic (exact) mass is 276 g/mol.